The maximum Gasteiger partial charge on any atom is 0.324 e. The van der Waals surface area contributed by atoms with Crippen molar-refractivity contribution in [1.29, 1.82) is 0 Å². The minimum Gasteiger partial charge on any atom is -0.493 e. The zero-order chi connectivity index (χ0) is 14.5. The molecule has 0 bridgehead atoms. The van der Waals surface area contributed by atoms with Gasteiger partial charge in [-0.2, -0.15) is 0 Å². The SMILES string of the molecule is CCOC(=O)[C@H]1CS[C@H](c2ccc(OC)c(OC)c2)N1. The van der Waals surface area contributed by atoms with Gasteiger partial charge in [0, 0.05) is 5.75 Å². The molecule has 0 spiro atoms. The van der Waals surface area contributed by atoms with Gasteiger partial charge >= 0.3 is 5.97 Å². The molecule has 1 aromatic carbocycles. The van der Waals surface area contributed by atoms with Crippen LogP contribution in [0, 0.1) is 0 Å². The van der Waals surface area contributed by atoms with E-state index in [1.165, 1.54) is 0 Å². The molecule has 20 heavy (non-hydrogen) atoms. The van der Waals surface area contributed by atoms with Crippen LogP contribution in [0.2, 0.25) is 0 Å². The summed E-state index contributed by atoms with van der Waals surface area (Å²) in [5, 5.41) is 3.33. The molecule has 0 saturated carbocycles. The predicted molar refractivity (Wildman–Crippen MR) is 78.3 cm³/mol. The van der Waals surface area contributed by atoms with E-state index in [0.29, 0.717) is 23.9 Å². The second kappa shape index (κ2) is 6.85. The Hall–Kier alpha value is -1.40. The highest BCUT2D eigenvalue weighted by molar-refractivity contribution is 7.99. The summed E-state index contributed by atoms with van der Waals surface area (Å²) >= 11 is 1.68. The Morgan fingerprint density at radius 2 is 2.10 bits per heavy atom. The lowest BCUT2D eigenvalue weighted by Gasteiger charge is -2.15. The van der Waals surface area contributed by atoms with Gasteiger partial charge in [-0.05, 0) is 24.6 Å². The Morgan fingerprint density at radius 3 is 2.75 bits per heavy atom. The summed E-state index contributed by atoms with van der Waals surface area (Å²) in [7, 11) is 3.22. The number of rotatable bonds is 5. The van der Waals surface area contributed by atoms with Crippen LogP contribution in [0.25, 0.3) is 0 Å². The molecule has 1 N–H and O–H groups in total. The van der Waals surface area contributed by atoms with Crippen molar-refractivity contribution in [3.05, 3.63) is 23.8 Å². The lowest BCUT2D eigenvalue weighted by atomic mass is 10.2. The molecular formula is C14H19NO4S. The topological polar surface area (TPSA) is 56.8 Å². The summed E-state index contributed by atoms with van der Waals surface area (Å²) < 4.78 is 15.5. The Labute approximate surface area is 123 Å². The van der Waals surface area contributed by atoms with Crippen LogP contribution in [0.1, 0.15) is 17.9 Å². The fourth-order valence-electron chi connectivity index (χ4n) is 2.06. The highest BCUT2D eigenvalue weighted by Gasteiger charge is 2.31. The Morgan fingerprint density at radius 1 is 1.35 bits per heavy atom. The number of hydrogen-bond acceptors (Lipinski definition) is 6. The zero-order valence-electron chi connectivity index (χ0n) is 11.8. The molecular weight excluding hydrogens is 278 g/mol. The van der Waals surface area contributed by atoms with Crippen LogP contribution in [-0.2, 0) is 9.53 Å². The molecule has 0 aliphatic carbocycles. The van der Waals surface area contributed by atoms with E-state index in [1.54, 1.807) is 26.0 Å². The Kier molecular flexibility index (Phi) is 5.14. The number of esters is 1. The van der Waals surface area contributed by atoms with Gasteiger partial charge in [0.15, 0.2) is 11.5 Å². The van der Waals surface area contributed by atoms with Gasteiger partial charge in [-0.3, -0.25) is 10.1 Å². The molecule has 0 aromatic heterocycles. The van der Waals surface area contributed by atoms with Gasteiger partial charge in [0.1, 0.15) is 6.04 Å². The van der Waals surface area contributed by atoms with Gasteiger partial charge in [-0.15, -0.1) is 11.8 Å². The van der Waals surface area contributed by atoms with Gasteiger partial charge in [0.2, 0.25) is 0 Å². The molecule has 6 heteroatoms. The van der Waals surface area contributed by atoms with Gasteiger partial charge in [0.25, 0.3) is 0 Å². The van der Waals surface area contributed by atoms with E-state index in [2.05, 4.69) is 5.32 Å². The smallest absolute Gasteiger partial charge is 0.324 e. The first-order valence-electron chi connectivity index (χ1n) is 6.45. The maximum atomic E-state index is 11.7. The van der Waals surface area contributed by atoms with Crippen LogP contribution < -0.4 is 14.8 Å². The van der Waals surface area contributed by atoms with Crippen molar-refractivity contribution in [2.24, 2.45) is 0 Å². The van der Waals surface area contributed by atoms with Gasteiger partial charge < -0.3 is 14.2 Å². The Bertz CT molecular complexity index is 480. The van der Waals surface area contributed by atoms with Crippen molar-refractivity contribution in [2.75, 3.05) is 26.6 Å². The summed E-state index contributed by atoms with van der Waals surface area (Å²) in [5.41, 5.74) is 1.06. The fraction of sp³-hybridized carbons (Fsp3) is 0.500. The highest BCUT2D eigenvalue weighted by Crippen LogP contribution is 2.37. The van der Waals surface area contributed by atoms with Crippen molar-refractivity contribution in [1.82, 2.24) is 5.32 Å². The van der Waals surface area contributed by atoms with E-state index < -0.39 is 0 Å². The molecule has 0 radical (unpaired) electrons. The summed E-state index contributed by atoms with van der Waals surface area (Å²) in [4.78, 5) is 11.7. The minimum absolute atomic E-state index is 0.0595. The van der Waals surface area contributed by atoms with Crippen LogP contribution in [-0.4, -0.2) is 38.6 Å². The van der Waals surface area contributed by atoms with Crippen molar-refractivity contribution in [2.45, 2.75) is 18.3 Å². The third-order valence-corrected chi connectivity index (χ3v) is 4.33. The molecule has 110 valence electrons. The lowest BCUT2D eigenvalue weighted by Crippen LogP contribution is -2.35. The largest absolute Gasteiger partial charge is 0.493 e. The van der Waals surface area contributed by atoms with Crippen LogP contribution in [0.4, 0.5) is 0 Å². The van der Waals surface area contributed by atoms with Crippen molar-refractivity contribution in [3.8, 4) is 11.5 Å². The van der Waals surface area contributed by atoms with E-state index >= 15 is 0 Å². The minimum atomic E-state index is -0.252. The predicted octanol–water partition coefficient (Wildman–Crippen LogP) is 1.97. The van der Waals surface area contributed by atoms with Crippen molar-refractivity contribution in [3.63, 3.8) is 0 Å². The molecule has 1 heterocycles. The standard InChI is InChI=1S/C14H19NO4S/c1-4-19-14(16)10-8-20-13(15-10)9-5-6-11(17-2)12(7-9)18-3/h5-7,10,13,15H,4,8H2,1-3H3/t10-,13-/m1/s1. The first kappa shape index (κ1) is 15.0. The van der Waals surface area contributed by atoms with Gasteiger partial charge in [-0.1, -0.05) is 6.07 Å². The second-order valence-electron chi connectivity index (χ2n) is 4.30. The average molecular weight is 297 g/mol. The number of hydrogen-bond donors (Lipinski definition) is 1. The molecule has 2 atom stereocenters. The van der Waals surface area contributed by atoms with E-state index in [1.807, 2.05) is 25.1 Å². The van der Waals surface area contributed by atoms with Crippen molar-refractivity contribution >= 4 is 17.7 Å². The Balaban J connectivity index is 2.08. The summed E-state index contributed by atoms with van der Waals surface area (Å²) in [6, 6.07) is 5.52. The molecule has 1 fully saturated rings. The quantitative estimate of drug-likeness (QED) is 0.839. The van der Waals surface area contributed by atoms with Crippen molar-refractivity contribution < 1.29 is 19.0 Å². The summed E-state index contributed by atoms with van der Waals surface area (Å²) in [6.45, 7) is 2.22. The fourth-order valence-corrected chi connectivity index (χ4v) is 3.28. The third-order valence-electron chi connectivity index (χ3n) is 3.06. The normalized spacial score (nSPS) is 21.6. The first-order valence-corrected chi connectivity index (χ1v) is 7.50. The molecule has 0 unspecified atom stereocenters. The number of carbonyl (C=O) groups excluding carboxylic acids is 1. The number of thioether (sulfide) groups is 1. The van der Waals surface area contributed by atoms with Crippen LogP contribution >= 0.6 is 11.8 Å². The van der Waals surface area contributed by atoms with E-state index in [4.69, 9.17) is 14.2 Å². The number of benzene rings is 1. The molecule has 5 nitrogen and oxygen atoms in total. The maximum absolute atomic E-state index is 11.7. The summed E-state index contributed by atoms with van der Waals surface area (Å²) in [6.07, 6.45) is 0. The van der Waals surface area contributed by atoms with Crippen LogP contribution in [0.3, 0.4) is 0 Å². The van der Waals surface area contributed by atoms with E-state index in [9.17, 15) is 4.79 Å². The molecule has 1 saturated heterocycles. The van der Waals surface area contributed by atoms with Gasteiger partial charge in [-0.25, -0.2) is 0 Å². The molecule has 1 aliphatic rings. The molecule has 0 amide bonds. The zero-order valence-corrected chi connectivity index (χ0v) is 12.7. The lowest BCUT2D eigenvalue weighted by molar-refractivity contribution is -0.144. The average Bonchev–Trinajstić information content (AvgIpc) is 2.96. The van der Waals surface area contributed by atoms with Gasteiger partial charge in [0.05, 0.1) is 26.2 Å². The number of nitrogens with one attached hydrogen (secondary N) is 1. The highest BCUT2D eigenvalue weighted by atomic mass is 32.2. The molecule has 2 rings (SSSR count). The van der Waals surface area contributed by atoms with E-state index in [0.717, 1.165) is 5.56 Å². The number of carbonyl (C=O) groups is 1. The molecule has 1 aromatic rings. The monoisotopic (exact) mass is 297 g/mol. The van der Waals surface area contributed by atoms with E-state index in [-0.39, 0.29) is 17.4 Å². The van der Waals surface area contributed by atoms with Crippen LogP contribution in [0.15, 0.2) is 18.2 Å². The number of ether oxygens (including phenoxy) is 3. The second-order valence-corrected chi connectivity index (χ2v) is 5.44. The third kappa shape index (κ3) is 3.19. The number of methoxy groups -OCH3 is 2. The first-order chi connectivity index (χ1) is 9.69. The molecule has 1 aliphatic heterocycles. The van der Waals surface area contributed by atoms with Crippen LogP contribution in [0.5, 0.6) is 11.5 Å². The summed E-state index contributed by atoms with van der Waals surface area (Å²) in [5.74, 6) is 1.90.